The molecule has 0 radical (unpaired) electrons. The molecule has 0 amide bonds. The highest BCUT2D eigenvalue weighted by Crippen LogP contribution is 2.21. The molecular formula is C16H15BrO3. The van der Waals surface area contributed by atoms with Gasteiger partial charge in [0.1, 0.15) is 11.5 Å². The third-order valence-corrected chi connectivity index (χ3v) is 3.38. The van der Waals surface area contributed by atoms with Crippen molar-refractivity contribution in [2.45, 2.75) is 13.0 Å². The van der Waals surface area contributed by atoms with E-state index in [9.17, 15) is 4.79 Å². The number of Topliss-reactive ketones (excluding diaryl/α,β-unsaturated/α-hetero) is 1. The Morgan fingerprint density at radius 3 is 2.40 bits per heavy atom. The second kappa shape index (κ2) is 6.57. The highest BCUT2D eigenvalue weighted by atomic mass is 79.9. The molecule has 4 heteroatoms. The van der Waals surface area contributed by atoms with Gasteiger partial charge in [-0.05, 0) is 31.2 Å². The van der Waals surface area contributed by atoms with Gasteiger partial charge in [-0.15, -0.1) is 0 Å². The second-order valence-corrected chi connectivity index (χ2v) is 5.23. The van der Waals surface area contributed by atoms with Crippen LogP contribution in [0.15, 0.2) is 53.0 Å². The third kappa shape index (κ3) is 3.61. The van der Waals surface area contributed by atoms with Crippen LogP contribution in [0.4, 0.5) is 0 Å². The minimum Gasteiger partial charge on any atom is -0.497 e. The minimum atomic E-state index is -0.553. The lowest BCUT2D eigenvalue weighted by Gasteiger charge is -2.14. The minimum absolute atomic E-state index is 0.0553. The molecule has 20 heavy (non-hydrogen) atoms. The molecule has 0 spiro atoms. The zero-order chi connectivity index (χ0) is 14.5. The van der Waals surface area contributed by atoms with Gasteiger partial charge in [-0.3, -0.25) is 4.79 Å². The lowest BCUT2D eigenvalue weighted by atomic mass is 10.1. The Labute approximate surface area is 126 Å². The van der Waals surface area contributed by atoms with Crippen molar-refractivity contribution in [1.29, 1.82) is 0 Å². The van der Waals surface area contributed by atoms with Crippen molar-refractivity contribution in [3.05, 3.63) is 58.6 Å². The van der Waals surface area contributed by atoms with Crippen LogP contribution in [0.25, 0.3) is 0 Å². The van der Waals surface area contributed by atoms with Gasteiger partial charge in [0.2, 0.25) is 5.78 Å². The number of rotatable bonds is 5. The van der Waals surface area contributed by atoms with Crippen molar-refractivity contribution in [1.82, 2.24) is 0 Å². The zero-order valence-electron chi connectivity index (χ0n) is 11.3. The lowest BCUT2D eigenvalue weighted by molar-refractivity contribution is 0.0817. The fraction of sp³-hybridized carbons (Fsp3) is 0.188. The van der Waals surface area contributed by atoms with E-state index in [1.54, 1.807) is 38.3 Å². The molecule has 0 N–H and O–H groups in total. The molecule has 2 rings (SSSR count). The van der Waals surface area contributed by atoms with Crippen molar-refractivity contribution in [2.75, 3.05) is 7.11 Å². The van der Waals surface area contributed by atoms with E-state index in [4.69, 9.17) is 9.47 Å². The van der Waals surface area contributed by atoms with Gasteiger partial charge in [-0.2, -0.15) is 0 Å². The predicted molar refractivity (Wildman–Crippen MR) is 81.6 cm³/mol. The standard InChI is InChI=1S/C16H15BrO3/c1-11(16(18)12-6-8-13(17)9-7-12)20-15-5-3-4-14(10-15)19-2/h3-11H,1-2H3. The molecular weight excluding hydrogens is 320 g/mol. The molecule has 0 saturated carbocycles. The molecule has 1 atom stereocenters. The van der Waals surface area contributed by atoms with Gasteiger partial charge in [0, 0.05) is 16.1 Å². The van der Waals surface area contributed by atoms with Gasteiger partial charge in [0.25, 0.3) is 0 Å². The molecule has 1 unspecified atom stereocenters. The first kappa shape index (κ1) is 14.6. The summed E-state index contributed by atoms with van der Waals surface area (Å²) in [7, 11) is 1.59. The molecule has 0 aliphatic heterocycles. The third-order valence-electron chi connectivity index (χ3n) is 2.85. The predicted octanol–water partition coefficient (Wildman–Crippen LogP) is 4.11. The van der Waals surface area contributed by atoms with Crippen molar-refractivity contribution in [3.63, 3.8) is 0 Å². The Balaban J connectivity index is 2.09. The summed E-state index contributed by atoms with van der Waals surface area (Å²) in [5.74, 6) is 1.26. The molecule has 0 bridgehead atoms. The Kier molecular flexibility index (Phi) is 4.79. The summed E-state index contributed by atoms with van der Waals surface area (Å²) in [5, 5.41) is 0. The maximum absolute atomic E-state index is 12.2. The van der Waals surface area contributed by atoms with E-state index in [-0.39, 0.29) is 5.78 Å². The van der Waals surface area contributed by atoms with Crippen LogP contribution in [0.1, 0.15) is 17.3 Å². The Morgan fingerprint density at radius 1 is 1.10 bits per heavy atom. The quantitative estimate of drug-likeness (QED) is 0.772. The summed E-state index contributed by atoms with van der Waals surface area (Å²) in [6.07, 6.45) is -0.553. The average molecular weight is 335 g/mol. The Bertz CT molecular complexity index is 593. The number of halogens is 1. The van der Waals surface area contributed by atoms with Crippen molar-refractivity contribution < 1.29 is 14.3 Å². The summed E-state index contributed by atoms with van der Waals surface area (Å²) < 4.78 is 11.7. The molecule has 2 aromatic carbocycles. The van der Waals surface area contributed by atoms with Gasteiger partial charge in [-0.1, -0.05) is 34.1 Å². The monoisotopic (exact) mass is 334 g/mol. The number of hydrogen-bond acceptors (Lipinski definition) is 3. The molecule has 0 aliphatic rings. The van der Waals surface area contributed by atoms with Crippen LogP contribution < -0.4 is 9.47 Å². The number of ketones is 1. The van der Waals surface area contributed by atoms with Crippen LogP contribution in [-0.2, 0) is 0 Å². The molecule has 104 valence electrons. The van der Waals surface area contributed by atoms with E-state index >= 15 is 0 Å². The number of hydrogen-bond donors (Lipinski definition) is 0. The Hall–Kier alpha value is -1.81. The van der Waals surface area contributed by atoms with Crippen molar-refractivity contribution in [3.8, 4) is 11.5 Å². The largest absolute Gasteiger partial charge is 0.497 e. The van der Waals surface area contributed by atoms with Gasteiger partial charge in [0.05, 0.1) is 7.11 Å². The average Bonchev–Trinajstić information content (AvgIpc) is 2.47. The summed E-state index contributed by atoms with van der Waals surface area (Å²) in [6.45, 7) is 1.74. The first-order valence-electron chi connectivity index (χ1n) is 6.20. The zero-order valence-corrected chi connectivity index (χ0v) is 12.9. The van der Waals surface area contributed by atoms with Crippen LogP contribution in [0.2, 0.25) is 0 Å². The van der Waals surface area contributed by atoms with Gasteiger partial charge < -0.3 is 9.47 Å². The highest BCUT2D eigenvalue weighted by molar-refractivity contribution is 9.10. The highest BCUT2D eigenvalue weighted by Gasteiger charge is 2.16. The van der Waals surface area contributed by atoms with E-state index in [2.05, 4.69) is 15.9 Å². The molecule has 0 aliphatic carbocycles. The Morgan fingerprint density at radius 2 is 1.75 bits per heavy atom. The number of benzene rings is 2. The summed E-state index contributed by atoms with van der Waals surface area (Å²) in [6, 6.07) is 14.4. The smallest absolute Gasteiger partial charge is 0.202 e. The lowest BCUT2D eigenvalue weighted by Crippen LogP contribution is -2.23. The van der Waals surface area contributed by atoms with Gasteiger partial charge in [0.15, 0.2) is 6.10 Å². The van der Waals surface area contributed by atoms with Gasteiger partial charge in [-0.25, -0.2) is 0 Å². The molecule has 2 aromatic rings. The van der Waals surface area contributed by atoms with Crippen LogP contribution >= 0.6 is 15.9 Å². The number of carbonyl (C=O) groups is 1. The number of carbonyl (C=O) groups excluding carboxylic acids is 1. The first-order chi connectivity index (χ1) is 9.60. The fourth-order valence-electron chi connectivity index (χ4n) is 1.78. The van der Waals surface area contributed by atoms with E-state index < -0.39 is 6.10 Å². The molecule has 0 saturated heterocycles. The first-order valence-corrected chi connectivity index (χ1v) is 7.00. The van der Waals surface area contributed by atoms with E-state index in [0.29, 0.717) is 17.1 Å². The van der Waals surface area contributed by atoms with E-state index in [0.717, 1.165) is 4.47 Å². The fourth-order valence-corrected chi connectivity index (χ4v) is 2.05. The SMILES string of the molecule is COc1cccc(OC(C)C(=O)c2ccc(Br)cc2)c1. The normalized spacial score (nSPS) is 11.8. The number of methoxy groups -OCH3 is 1. The van der Waals surface area contributed by atoms with Crippen LogP contribution in [-0.4, -0.2) is 19.0 Å². The van der Waals surface area contributed by atoms with Crippen LogP contribution in [0, 0.1) is 0 Å². The van der Waals surface area contributed by atoms with Crippen LogP contribution in [0.5, 0.6) is 11.5 Å². The van der Waals surface area contributed by atoms with Gasteiger partial charge >= 0.3 is 0 Å². The molecule has 0 fully saturated rings. The number of ether oxygens (including phenoxy) is 2. The maximum atomic E-state index is 12.2. The summed E-state index contributed by atoms with van der Waals surface area (Å²) in [4.78, 5) is 12.2. The van der Waals surface area contributed by atoms with E-state index in [1.807, 2.05) is 24.3 Å². The molecule has 0 aromatic heterocycles. The second-order valence-electron chi connectivity index (χ2n) is 4.31. The maximum Gasteiger partial charge on any atom is 0.202 e. The summed E-state index contributed by atoms with van der Waals surface area (Å²) >= 11 is 3.34. The topological polar surface area (TPSA) is 35.5 Å². The van der Waals surface area contributed by atoms with E-state index in [1.165, 1.54) is 0 Å². The molecule has 0 heterocycles. The van der Waals surface area contributed by atoms with Crippen molar-refractivity contribution >= 4 is 21.7 Å². The van der Waals surface area contributed by atoms with Crippen molar-refractivity contribution in [2.24, 2.45) is 0 Å². The van der Waals surface area contributed by atoms with Crippen LogP contribution in [0.3, 0.4) is 0 Å². The molecule has 3 nitrogen and oxygen atoms in total. The summed E-state index contributed by atoms with van der Waals surface area (Å²) in [5.41, 5.74) is 0.628.